The fourth-order valence-electron chi connectivity index (χ4n) is 1.41. The maximum atomic E-state index is 11.1. The maximum absolute atomic E-state index is 11.1. The van der Waals surface area contributed by atoms with Gasteiger partial charge in [0.15, 0.2) is 0 Å². The smallest absolute Gasteiger partial charge is 0.294 e. The minimum atomic E-state index is -4.60. The van der Waals surface area contributed by atoms with Crippen LogP contribution in [0.3, 0.4) is 0 Å². The van der Waals surface area contributed by atoms with E-state index in [-0.39, 0.29) is 25.0 Å². The molecule has 0 aliphatic carbocycles. The van der Waals surface area contributed by atoms with E-state index in [1.54, 1.807) is 0 Å². The first-order valence-corrected chi connectivity index (χ1v) is 7.73. The quantitative estimate of drug-likeness (QED) is 0.657. The highest BCUT2D eigenvalue weighted by molar-refractivity contribution is 7.86. The van der Waals surface area contributed by atoms with Gasteiger partial charge in [-0.25, -0.2) is 0 Å². The molecule has 0 aliphatic heterocycles. The van der Waals surface area contributed by atoms with Crippen LogP contribution in [0.5, 0.6) is 0 Å². The van der Waals surface area contributed by atoms with Crippen LogP contribution in [0.4, 0.5) is 0 Å². The van der Waals surface area contributed by atoms with Crippen molar-refractivity contribution in [3.05, 3.63) is 23.8 Å². The van der Waals surface area contributed by atoms with Crippen LogP contribution < -0.4 is 0 Å². The Kier molecular flexibility index (Phi) is 4.46. The fourth-order valence-corrected chi connectivity index (χ4v) is 2.77. The predicted molar refractivity (Wildman–Crippen MR) is 61.5 cm³/mol. The summed E-state index contributed by atoms with van der Waals surface area (Å²) in [7, 11) is -9.15. The molecule has 0 heterocycles. The highest BCUT2D eigenvalue weighted by Gasteiger charge is 2.19. The molecule has 0 amide bonds. The van der Waals surface area contributed by atoms with Crippen LogP contribution in [-0.2, 0) is 26.7 Å². The molecule has 0 radical (unpaired) electrons. The first-order valence-electron chi connectivity index (χ1n) is 4.85. The van der Waals surface area contributed by atoms with Crippen molar-refractivity contribution in [1.82, 2.24) is 0 Å². The van der Waals surface area contributed by atoms with E-state index in [0.717, 1.165) is 6.07 Å². The molecule has 0 aromatic heterocycles. The number of aliphatic hydroxyl groups excluding tert-OH is 1. The SMILES string of the molecule is O=S(=O)(O)c1ccc(CCCO)c(S(=O)(=O)O)c1. The van der Waals surface area contributed by atoms with Gasteiger partial charge in [0, 0.05) is 6.61 Å². The van der Waals surface area contributed by atoms with E-state index in [4.69, 9.17) is 14.2 Å². The van der Waals surface area contributed by atoms with E-state index < -0.39 is 30.0 Å². The highest BCUT2D eigenvalue weighted by Crippen LogP contribution is 2.21. The monoisotopic (exact) mass is 296 g/mol. The summed E-state index contributed by atoms with van der Waals surface area (Å²) < 4.78 is 61.8. The molecule has 0 saturated heterocycles. The molecule has 1 rings (SSSR count). The number of aryl methyl sites for hydroxylation is 1. The van der Waals surface area contributed by atoms with Gasteiger partial charge >= 0.3 is 0 Å². The second kappa shape index (κ2) is 5.33. The number of hydrogen-bond donors (Lipinski definition) is 3. The zero-order chi connectivity index (χ0) is 14.0. The third-order valence-corrected chi connectivity index (χ3v) is 4.00. The van der Waals surface area contributed by atoms with Gasteiger partial charge < -0.3 is 5.11 Å². The molecule has 0 spiro atoms. The van der Waals surface area contributed by atoms with Crippen molar-refractivity contribution < 1.29 is 31.0 Å². The summed E-state index contributed by atoms with van der Waals surface area (Å²) in [5.74, 6) is 0. The van der Waals surface area contributed by atoms with Crippen molar-refractivity contribution >= 4 is 20.2 Å². The first-order chi connectivity index (χ1) is 8.16. The lowest BCUT2D eigenvalue weighted by molar-refractivity contribution is 0.288. The topological polar surface area (TPSA) is 129 Å². The van der Waals surface area contributed by atoms with Crippen molar-refractivity contribution in [3.8, 4) is 0 Å². The van der Waals surface area contributed by atoms with Gasteiger partial charge in [-0.05, 0) is 30.5 Å². The van der Waals surface area contributed by atoms with Crippen molar-refractivity contribution in [2.24, 2.45) is 0 Å². The van der Waals surface area contributed by atoms with Crippen LogP contribution in [-0.4, -0.2) is 37.7 Å². The van der Waals surface area contributed by atoms with Crippen LogP contribution in [0.25, 0.3) is 0 Å². The third kappa shape index (κ3) is 3.75. The Hall–Kier alpha value is -1.00. The summed E-state index contributed by atoms with van der Waals surface area (Å²) in [5.41, 5.74) is 0.166. The van der Waals surface area contributed by atoms with Crippen LogP contribution in [0, 0.1) is 0 Å². The number of aliphatic hydroxyl groups is 1. The Morgan fingerprint density at radius 2 is 1.61 bits per heavy atom. The molecule has 1 aromatic carbocycles. The lowest BCUT2D eigenvalue weighted by Crippen LogP contribution is -2.07. The Morgan fingerprint density at radius 3 is 2.06 bits per heavy atom. The molecule has 1 aromatic rings. The summed E-state index contributed by atoms with van der Waals surface area (Å²) in [4.78, 5) is -1.21. The molecule has 0 atom stereocenters. The highest BCUT2D eigenvalue weighted by atomic mass is 32.2. The van der Waals surface area contributed by atoms with Gasteiger partial charge in [0.1, 0.15) is 0 Å². The zero-order valence-corrected chi connectivity index (χ0v) is 10.8. The minimum Gasteiger partial charge on any atom is -0.396 e. The largest absolute Gasteiger partial charge is 0.396 e. The van der Waals surface area contributed by atoms with Crippen LogP contribution in [0.2, 0.25) is 0 Å². The first kappa shape index (κ1) is 15.1. The van der Waals surface area contributed by atoms with Crippen molar-refractivity contribution in [2.75, 3.05) is 6.61 Å². The van der Waals surface area contributed by atoms with Gasteiger partial charge in [-0.3, -0.25) is 9.11 Å². The average Bonchev–Trinajstić information content (AvgIpc) is 2.23. The molecule has 0 aliphatic rings. The zero-order valence-electron chi connectivity index (χ0n) is 9.14. The molecular formula is C9H12O7S2. The second-order valence-electron chi connectivity index (χ2n) is 3.55. The van der Waals surface area contributed by atoms with Gasteiger partial charge in [0.05, 0.1) is 9.79 Å². The fraction of sp³-hybridized carbons (Fsp3) is 0.333. The van der Waals surface area contributed by atoms with Crippen molar-refractivity contribution in [1.29, 1.82) is 0 Å². The summed E-state index contributed by atoms with van der Waals surface area (Å²) in [6.45, 7) is -0.176. The molecule has 0 bridgehead atoms. The Morgan fingerprint density at radius 1 is 1.00 bits per heavy atom. The van der Waals surface area contributed by atoms with Gasteiger partial charge in [0.2, 0.25) is 0 Å². The summed E-state index contributed by atoms with van der Waals surface area (Å²) in [5, 5.41) is 8.66. The summed E-state index contributed by atoms with van der Waals surface area (Å²) >= 11 is 0. The second-order valence-corrected chi connectivity index (χ2v) is 6.36. The predicted octanol–water partition coefficient (Wildman–Crippen LogP) is 0.105. The van der Waals surface area contributed by atoms with E-state index in [2.05, 4.69) is 0 Å². The Labute approximate surface area is 105 Å². The number of benzene rings is 1. The molecule has 102 valence electrons. The molecule has 3 N–H and O–H groups in total. The van der Waals surface area contributed by atoms with E-state index in [9.17, 15) is 16.8 Å². The van der Waals surface area contributed by atoms with E-state index >= 15 is 0 Å². The van der Waals surface area contributed by atoms with Crippen LogP contribution >= 0.6 is 0 Å². The molecule has 9 heteroatoms. The number of rotatable bonds is 5. The lowest BCUT2D eigenvalue weighted by Gasteiger charge is -2.07. The molecule has 0 unspecified atom stereocenters. The van der Waals surface area contributed by atoms with Crippen LogP contribution in [0.1, 0.15) is 12.0 Å². The molecule has 18 heavy (non-hydrogen) atoms. The lowest BCUT2D eigenvalue weighted by atomic mass is 10.1. The van der Waals surface area contributed by atoms with Crippen molar-refractivity contribution in [2.45, 2.75) is 22.6 Å². The Balaban J connectivity index is 3.40. The van der Waals surface area contributed by atoms with Crippen molar-refractivity contribution in [3.63, 3.8) is 0 Å². The summed E-state index contributed by atoms with van der Waals surface area (Å²) in [6.07, 6.45) is 0.408. The van der Waals surface area contributed by atoms with E-state index in [0.29, 0.717) is 6.07 Å². The van der Waals surface area contributed by atoms with Crippen LogP contribution in [0.15, 0.2) is 28.0 Å². The van der Waals surface area contributed by atoms with Gasteiger partial charge in [0.25, 0.3) is 20.2 Å². The molecule has 0 saturated carbocycles. The molecule has 7 nitrogen and oxygen atoms in total. The maximum Gasteiger partial charge on any atom is 0.294 e. The molecular weight excluding hydrogens is 284 g/mol. The van der Waals surface area contributed by atoms with Gasteiger partial charge in [-0.1, -0.05) is 6.07 Å². The van der Waals surface area contributed by atoms with E-state index in [1.165, 1.54) is 6.07 Å². The summed E-state index contributed by atoms with van der Waals surface area (Å²) in [6, 6.07) is 2.87. The van der Waals surface area contributed by atoms with Gasteiger partial charge in [-0.2, -0.15) is 16.8 Å². The van der Waals surface area contributed by atoms with E-state index in [1.807, 2.05) is 0 Å². The normalized spacial score (nSPS) is 12.6. The average molecular weight is 296 g/mol. The minimum absolute atomic E-state index is 0.150. The molecule has 0 fully saturated rings. The Bertz CT molecular complexity index is 631. The third-order valence-electron chi connectivity index (χ3n) is 2.22. The number of hydrogen-bond acceptors (Lipinski definition) is 5. The van der Waals surface area contributed by atoms with Gasteiger partial charge in [-0.15, -0.1) is 0 Å². The standard InChI is InChI=1S/C9H12O7S2/c10-5-1-2-7-3-4-8(17(11,12)13)6-9(7)18(14,15)16/h3-4,6,10H,1-2,5H2,(H,11,12,13)(H,14,15,16).